The number of benzene rings is 3. The molecule has 0 aliphatic heterocycles. The van der Waals surface area contributed by atoms with Crippen molar-refractivity contribution in [2.24, 2.45) is 0 Å². The summed E-state index contributed by atoms with van der Waals surface area (Å²) < 4.78 is 0. The zero-order chi connectivity index (χ0) is 16.0. The predicted octanol–water partition coefficient (Wildman–Crippen LogP) is 4.91. The Bertz CT molecular complexity index is 636. The van der Waals surface area contributed by atoms with Crippen LogP contribution >= 0.6 is 0 Å². The molecule has 3 aromatic carbocycles. The topological polar surface area (TPSA) is 17.1 Å². The van der Waals surface area contributed by atoms with E-state index in [4.69, 9.17) is 0 Å². The van der Waals surface area contributed by atoms with Gasteiger partial charge in [0.05, 0.1) is 0 Å². The van der Waals surface area contributed by atoms with Gasteiger partial charge in [0, 0.05) is 11.8 Å². The Kier molecular flexibility index (Phi) is 4.68. The highest BCUT2D eigenvalue weighted by atomic mass is 16.1. The fraction of sp³-hybridized carbons (Fsp3) is 0.136. The summed E-state index contributed by atoms with van der Waals surface area (Å²) in [5.41, 5.74) is 3.27. The SMILES string of the molecule is O=[C]CCC(c1ccccc1)(c1ccccc1)c1ccccc1. The second-order valence-corrected chi connectivity index (χ2v) is 5.65. The van der Waals surface area contributed by atoms with Crippen molar-refractivity contribution in [2.75, 3.05) is 0 Å². The number of hydrogen-bond acceptors (Lipinski definition) is 1. The summed E-state index contributed by atoms with van der Waals surface area (Å²) in [5.74, 6) is 0. The van der Waals surface area contributed by atoms with Gasteiger partial charge in [-0.15, -0.1) is 0 Å². The maximum atomic E-state index is 11.0. The Labute approximate surface area is 137 Å². The lowest BCUT2D eigenvalue weighted by molar-refractivity contribution is 0.524. The molecule has 1 nitrogen and oxygen atoms in total. The summed E-state index contributed by atoms with van der Waals surface area (Å²) in [4.78, 5) is 11.0. The molecule has 1 heteroatoms. The second kappa shape index (κ2) is 7.06. The van der Waals surface area contributed by atoms with E-state index in [0.29, 0.717) is 12.8 Å². The van der Waals surface area contributed by atoms with Crippen LogP contribution in [0, 0.1) is 0 Å². The van der Waals surface area contributed by atoms with Gasteiger partial charge in [0.25, 0.3) is 0 Å². The summed E-state index contributed by atoms with van der Waals surface area (Å²) in [6.45, 7) is 0. The highest BCUT2D eigenvalue weighted by molar-refractivity contribution is 5.55. The molecule has 3 rings (SSSR count). The number of hydrogen-bond donors (Lipinski definition) is 0. The molecule has 0 aliphatic carbocycles. The van der Waals surface area contributed by atoms with Crippen molar-refractivity contribution in [1.29, 1.82) is 0 Å². The zero-order valence-corrected chi connectivity index (χ0v) is 13.0. The first-order valence-electron chi connectivity index (χ1n) is 7.89. The molecule has 113 valence electrons. The van der Waals surface area contributed by atoms with Crippen molar-refractivity contribution >= 4 is 6.29 Å². The van der Waals surface area contributed by atoms with E-state index in [1.807, 2.05) is 18.2 Å². The van der Waals surface area contributed by atoms with Crippen molar-refractivity contribution < 1.29 is 4.79 Å². The van der Waals surface area contributed by atoms with E-state index in [2.05, 4.69) is 79.1 Å². The quantitative estimate of drug-likeness (QED) is 0.591. The van der Waals surface area contributed by atoms with Crippen LogP contribution in [-0.2, 0) is 10.2 Å². The lowest BCUT2D eigenvalue weighted by Crippen LogP contribution is -2.29. The molecule has 0 heterocycles. The van der Waals surface area contributed by atoms with Crippen molar-refractivity contribution in [3.63, 3.8) is 0 Å². The molecule has 0 aromatic heterocycles. The Morgan fingerprint density at radius 2 is 0.957 bits per heavy atom. The van der Waals surface area contributed by atoms with Gasteiger partial charge in [0.1, 0.15) is 0 Å². The van der Waals surface area contributed by atoms with Crippen molar-refractivity contribution in [3.05, 3.63) is 108 Å². The highest BCUT2D eigenvalue weighted by Gasteiger charge is 2.35. The minimum atomic E-state index is -0.332. The van der Waals surface area contributed by atoms with E-state index in [1.165, 1.54) is 16.7 Å². The molecule has 0 saturated heterocycles. The van der Waals surface area contributed by atoms with Gasteiger partial charge in [0.2, 0.25) is 0 Å². The van der Waals surface area contributed by atoms with Crippen LogP contribution in [0.4, 0.5) is 0 Å². The molecule has 23 heavy (non-hydrogen) atoms. The molecule has 0 aliphatic rings. The minimum absolute atomic E-state index is 0.332. The van der Waals surface area contributed by atoms with Gasteiger partial charge >= 0.3 is 0 Å². The molecule has 0 atom stereocenters. The highest BCUT2D eigenvalue weighted by Crippen LogP contribution is 2.42. The third kappa shape index (κ3) is 2.95. The van der Waals surface area contributed by atoms with Crippen LogP contribution < -0.4 is 0 Å². The van der Waals surface area contributed by atoms with E-state index in [9.17, 15) is 4.79 Å². The Hall–Kier alpha value is -2.67. The van der Waals surface area contributed by atoms with E-state index in [0.717, 1.165) is 0 Å². The second-order valence-electron chi connectivity index (χ2n) is 5.65. The molecular weight excluding hydrogens is 280 g/mol. The lowest BCUT2D eigenvalue weighted by Gasteiger charge is -2.35. The van der Waals surface area contributed by atoms with Gasteiger partial charge in [-0.25, -0.2) is 0 Å². The van der Waals surface area contributed by atoms with Gasteiger partial charge < -0.3 is 0 Å². The van der Waals surface area contributed by atoms with Crippen LogP contribution in [0.2, 0.25) is 0 Å². The van der Waals surface area contributed by atoms with Crippen LogP contribution in [0.1, 0.15) is 29.5 Å². The minimum Gasteiger partial charge on any atom is -0.291 e. The van der Waals surface area contributed by atoms with Gasteiger partial charge in [0.15, 0.2) is 6.29 Å². The Morgan fingerprint density at radius 1 is 0.609 bits per heavy atom. The molecule has 3 aromatic rings. The zero-order valence-electron chi connectivity index (χ0n) is 13.0. The number of carbonyl (C=O) groups excluding carboxylic acids is 1. The van der Waals surface area contributed by atoms with E-state index < -0.39 is 0 Å². The van der Waals surface area contributed by atoms with E-state index in [1.54, 1.807) is 0 Å². The lowest BCUT2D eigenvalue weighted by atomic mass is 9.67. The molecule has 0 amide bonds. The standard InChI is InChI=1S/C22H19O/c23-18-10-17-22(19-11-4-1-5-12-19,20-13-6-2-7-14-20)21-15-8-3-9-16-21/h1-9,11-16H,10,17H2. The maximum Gasteiger partial charge on any atom is 0.198 e. The molecule has 0 fully saturated rings. The molecule has 0 spiro atoms. The third-order valence-electron chi connectivity index (χ3n) is 4.40. The van der Waals surface area contributed by atoms with E-state index >= 15 is 0 Å². The maximum absolute atomic E-state index is 11.0. The van der Waals surface area contributed by atoms with Crippen molar-refractivity contribution in [1.82, 2.24) is 0 Å². The first-order valence-corrected chi connectivity index (χ1v) is 7.89. The molecule has 0 N–H and O–H groups in total. The smallest absolute Gasteiger partial charge is 0.198 e. The molecule has 1 radical (unpaired) electrons. The van der Waals surface area contributed by atoms with Crippen LogP contribution in [0.5, 0.6) is 0 Å². The summed E-state index contributed by atoms with van der Waals surface area (Å²) in [6, 6.07) is 31.3. The van der Waals surface area contributed by atoms with E-state index in [-0.39, 0.29) is 5.41 Å². The largest absolute Gasteiger partial charge is 0.291 e. The monoisotopic (exact) mass is 299 g/mol. The summed E-state index contributed by atoms with van der Waals surface area (Å²) >= 11 is 0. The molecular formula is C22H19O. The van der Waals surface area contributed by atoms with Gasteiger partial charge in [-0.3, -0.25) is 4.79 Å². The average Bonchev–Trinajstić information content (AvgIpc) is 2.65. The predicted molar refractivity (Wildman–Crippen MR) is 94.1 cm³/mol. The average molecular weight is 299 g/mol. The summed E-state index contributed by atoms with van der Waals surface area (Å²) in [5, 5.41) is 0. The third-order valence-corrected chi connectivity index (χ3v) is 4.40. The Balaban J connectivity index is 2.27. The normalized spacial score (nSPS) is 11.1. The first-order chi connectivity index (χ1) is 11.4. The first kappa shape index (κ1) is 15.2. The van der Waals surface area contributed by atoms with Crippen LogP contribution in [0.25, 0.3) is 0 Å². The molecule has 0 unspecified atom stereocenters. The van der Waals surface area contributed by atoms with Gasteiger partial charge in [-0.1, -0.05) is 91.0 Å². The number of rotatable bonds is 6. The van der Waals surface area contributed by atoms with Crippen LogP contribution in [0.15, 0.2) is 91.0 Å². The van der Waals surface area contributed by atoms with Crippen LogP contribution in [0.3, 0.4) is 0 Å². The van der Waals surface area contributed by atoms with Crippen molar-refractivity contribution in [3.8, 4) is 0 Å². The summed E-state index contributed by atoms with van der Waals surface area (Å²) in [7, 11) is 0. The molecule has 0 bridgehead atoms. The molecule has 0 saturated carbocycles. The van der Waals surface area contributed by atoms with Crippen LogP contribution in [-0.4, -0.2) is 6.29 Å². The van der Waals surface area contributed by atoms with Gasteiger partial charge in [-0.05, 0) is 23.1 Å². The van der Waals surface area contributed by atoms with Crippen molar-refractivity contribution in [2.45, 2.75) is 18.3 Å². The summed E-state index contributed by atoms with van der Waals surface area (Å²) in [6.07, 6.45) is 3.19. The fourth-order valence-electron chi connectivity index (χ4n) is 3.34. The Morgan fingerprint density at radius 3 is 1.26 bits per heavy atom. The fourth-order valence-corrected chi connectivity index (χ4v) is 3.34. The van der Waals surface area contributed by atoms with Gasteiger partial charge in [-0.2, -0.15) is 0 Å².